The fourth-order valence-corrected chi connectivity index (χ4v) is 3.68. The number of nitrogen functional groups attached to an aromatic ring is 1. The van der Waals surface area contributed by atoms with Crippen molar-refractivity contribution in [3.05, 3.63) is 95.2 Å². The van der Waals surface area contributed by atoms with E-state index < -0.39 is 12.1 Å². The normalized spacial score (nSPS) is 11.2. The first-order valence-corrected chi connectivity index (χ1v) is 11.2. The number of nitrogens with zero attached hydrogens (tertiary/aromatic N) is 1. The summed E-state index contributed by atoms with van der Waals surface area (Å²) in [5.74, 6) is -1.87. The first kappa shape index (κ1) is 25.5. The third-order valence-corrected chi connectivity index (χ3v) is 5.52. The van der Waals surface area contributed by atoms with Gasteiger partial charge in [-0.2, -0.15) is 13.2 Å². The zero-order chi connectivity index (χ0) is 26.6. The van der Waals surface area contributed by atoms with E-state index in [2.05, 4.69) is 10.3 Å². The summed E-state index contributed by atoms with van der Waals surface area (Å²) in [7, 11) is 0. The molecule has 0 spiro atoms. The summed E-state index contributed by atoms with van der Waals surface area (Å²) >= 11 is 0. The lowest BCUT2D eigenvalue weighted by molar-refractivity contribution is -0.173. The molecule has 4 N–H and O–H groups in total. The van der Waals surface area contributed by atoms with Gasteiger partial charge in [0.1, 0.15) is 12.4 Å². The Bertz CT molecular complexity index is 1450. The molecule has 0 aliphatic carbocycles. The molecule has 4 aromatic rings. The highest BCUT2D eigenvalue weighted by Gasteiger charge is 2.38. The minimum atomic E-state index is -4.93. The third-order valence-electron chi connectivity index (χ3n) is 5.52. The summed E-state index contributed by atoms with van der Waals surface area (Å²) in [6.45, 7) is 1.68. The molecule has 0 saturated carbocycles. The quantitative estimate of drug-likeness (QED) is 0.321. The molecule has 1 aromatic heterocycles. The summed E-state index contributed by atoms with van der Waals surface area (Å²) in [6, 6.07) is 20.3. The van der Waals surface area contributed by atoms with Crippen LogP contribution in [0.1, 0.15) is 27.2 Å². The number of alkyl halides is 3. The van der Waals surface area contributed by atoms with Crippen molar-refractivity contribution in [2.75, 3.05) is 11.1 Å². The maximum Gasteiger partial charge on any atom is 0.471 e. The minimum absolute atomic E-state index is 0.0849. The summed E-state index contributed by atoms with van der Waals surface area (Å²) in [5.41, 5.74) is 10.3. The molecule has 37 heavy (non-hydrogen) atoms. The fraction of sp³-hybridized carbons (Fsp3) is 0.148. The molecule has 0 fully saturated rings. The van der Waals surface area contributed by atoms with Crippen LogP contribution in [0.15, 0.2) is 72.8 Å². The molecule has 0 aliphatic rings. The smallest absolute Gasteiger partial charge is 0.471 e. The lowest BCUT2D eigenvalue weighted by Gasteiger charge is -2.13. The van der Waals surface area contributed by atoms with Gasteiger partial charge in [0.15, 0.2) is 0 Å². The van der Waals surface area contributed by atoms with E-state index in [0.29, 0.717) is 33.8 Å². The van der Waals surface area contributed by atoms with Crippen LogP contribution in [0.3, 0.4) is 0 Å². The molecule has 0 radical (unpaired) electrons. The maximum absolute atomic E-state index is 13.0. The maximum atomic E-state index is 13.0. The van der Waals surface area contributed by atoms with Gasteiger partial charge in [-0.15, -0.1) is 0 Å². The predicted octanol–water partition coefficient (Wildman–Crippen LogP) is 5.14. The van der Waals surface area contributed by atoms with Gasteiger partial charge in [0, 0.05) is 40.1 Å². The van der Waals surface area contributed by atoms with Crippen LogP contribution in [0, 0.1) is 6.92 Å². The number of halogens is 3. The van der Waals surface area contributed by atoms with E-state index in [1.807, 2.05) is 12.2 Å². The average Bonchev–Trinajstić information content (AvgIpc) is 2.86. The van der Waals surface area contributed by atoms with Crippen molar-refractivity contribution in [3.8, 4) is 5.75 Å². The van der Waals surface area contributed by atoms with E-state index in [9.17, 15) is 22.8 Å². The van der Waals surface area contributed by atoms with Crippen molar-refractivity contribution in [1.82, 2.24) is 10.3 Å². The first-order valence-electron chi connectivity index (χ1n) is 11.2. The number of pyridine rings is 1. The van der Waals surface area contributed by atoms with Crippen LogP contribution < -0.4 is 21.1 Å². The third kappa shape index (κ3) is 6.35. The monoisotopic (exact) mass is 508 g/mol. The summed E-state index contributed by atoms with van der Waals surface area (Å²) < 4.78 is 42.7. The average molecular weight is 509 g/mol. The Hall–Kier alpha value is -4.60. The van der Waals surface area contributed by atoms with Gasteiger partial charge in [-0.05, 0) is 55.0 Å². The summed E-state index contributed by atoms with van der Waals surface area (Å²) in [6.07, 6.45) is -4.93. The first-order chi connectivity index (χ1) is 17.6. The van der Waals surface area contributed by atoms with Crippen LogP contribution in [0.5, 0.6) is 5.75 Å². The van der Waals surface area contributed by atoms with Gasteiger partial charge in [-0.1, -0.05) is 30.3 Å². The van der Waals surface area contributed by atoms with Crippen LogP contribution in [-0.4, -0.2) is 23.0 Å². The molecule has 0 atom stereocenters. The number of benzene rings is 3. The Kier molecular flexibility index (Phi) is 7.28. The zero-order valence-corrected chi connectivity index (χ0v) is 19.7. The Morgan fingerprint density at radius 2 is 1.73 bits per heavy atom. The number of nitrogens with two attached hydrogens (primary N) is 1. The number of hydrogen-bond donors (Lipinski definition) is 3. The Balaban J connectivity index is 1.40. The molecule has 0 saturated heterocycles. The molecule has 190 valence electrons. The number of rotatable bonds is 7. The van der Waals surface area contributed by atoms with Gasteiger partial charge in [-0.25, -0.2) is 0 Å². The molecule has 0 aliphatic heterocycles. The van der Waals surface area contributed by atoms with Crippen molar-refractivity contribution >= 4 is 34.1 Å². The molecule has 3 aromatic carbocycles. The summed E-state index contributed by atoms with van der Waals surface area (Å²) in [5, 5.41) is 5.43. The van der Waals surface area contributed by atoms with Crippen LogP contribution >= 0.6 is 0 Å². The highest BCUT2D eigenvalue weighted by molar-refractivity contribution is 6.06. The van der Waals surface area contributed by atoms with Crippen LogP contribution in [0.25, 0.3) is 10.9 Å². The van der Waals surface area contributed by atoms with E-state index in [1.165, 1.54) is 0 Å². The van der Waals surface area contributed by atoms with E-state index in [-0.39, 0.29) is 19.1 Å². The zero-order valence-electron chi connectivity index (χ0n) is 19.7. The van der Waals surface area contributed by atoms with Crippen molar-refractivity contribution in [1.29, 1.82) is 0 Å². The number of aryl methyl sites for hydroxylation is 1. The van der Waals surface area contributed by atoms with Crippen molar-refractivity contribution < 1.29 is 27.5 Å². The molecule has 2 amide bonds. The van der Waals surface area contributed by atoms with Gasteiger partial charge in [0.2, 0.25) is 0 Å². The molecule has 7 nitrogen and oxygen atoms in total. The van der Waals surface area contributed by atoms with Gasteiger partial charge in [0.25, 0.3) is 5.91 Å². The number of carbonyl (C=O) groups is 2. The molecular weight excluding hydrogens is 485 g/mol. The van der Waals surface area contributed by atoms with E-state index in [4.69, 9.17) is 10.5 Å². The van der Waals surface area contributed by atoms with E-state index in [0.717, 1.165) is 16.6 Å². The number of ether oxygens (including phenoxy) is 1. The number of carbonyl (C=O) groups excluding carboxylic acids is 2. The summed E-state index contributed by atoms with van der Waals surface area (Å²) in [4.78, 5) is 28.4. The van der Waals surface area contributed by atoms with Crippen molar-refractivity contribution in [2.24, 2.45) is 0 Å². The lowest BCUT2D eigenvalue weighted by Crippen LogP contribution is -2.36. The lowest BCUT2D eigenvalue weighted by atomic mass is 10.1. The highest BCUT2D eigenvalue weighted by Crippen LogP contribution is 2.25. The van der Waals surface area contributed by atoms with E-state index in [1.54, 1.807) is 72.8 Å². The number of hydrogen-bond acceptors (Lipinski definition) is 5. The van der Waals surface area contributed by atoms with Gasteiger partial charge in [-0.3, -0.25) is 14.6 Å². The van der Waals surface area contributed by atoms with Crippen LogP contribution in [-0.2, 0) is 17.9 Å². The van der Waals surface area contributed by atoms with Gasteiger partial charge < -0.3 is 21.1 Å². The van der Waals surface area contributed by atoms with Gasteiger partial charge >= 0.3 is 12.1 Å². The fourth-order valence-electron chi connectivity index (χ4n) is 3.68. The second-order valence-electron chi connectivity index (χ2n) is 8.31. The Morgan fingerprint density at radius 1 is 1.00 bits per heavy atom. The van der Waals surface area contributed by atoms with Crippen LogP contribution in [0.4, 0.5) is 24.5 Å². The topological polar surface area (TPSA) is 106 Å². The second-order valence-corrected chi connectivity index (χ2v) is 8.31. The van der Waals surface area contributed by atoms with E-state index >= 15 is 0 Å². The molecule has 10 heteroatoms. The van der Waals surface area contributed by atoms with Gasteiger partial charge in [0.05, 0.1) is 5.52 Å². The molecule has 0 bridgehead atoms. The second kappa shape index (κ2) is 10.6. The van der Waals surface area contributed by atoms with Crippen molar-refractivity contribution in [2.45, 2.75) is 26.3 Å². The number of anilines is 2. The molecular formula is C27H23F3N4O3. The van der Waals surface area contributed by atoms with Crippen LogP contribution in [0.2, 0.25) is 0 Å². The molecule has 1 heterocycles. The number of nitrogens with one attached hydrogen (secondary N) is 2. The molecule has 0 unspecified atom stereocenters. The number of fused-ring (bicyclic) bond motifs is 1. The highest BCUT2D eigenvalue weighted by atomic mass is 19.4. The number of amides is 2. The largest absolute Gasteiger partial charge is 0.489 e. The van der Waals surface area contributed by atoms with Crippen molar-refractivity contribution in [3.63, 3.8) is 0 Å². The minimum Gasteiger partial charge on any atom is -0.489 e. The standard InChI is InChI=1S/C27H23F3N4O3/c1-16-12-23(31)22-13-19(8-11-24(22)33-16)34-25(35)21-5-3-2-4-18(21)15-37-20-9-6-17(7-10-20)14-32-26(36)27(28,29)30/h2-13H,14-15H2,1H3,(H2,31,33)(H,32,36)(H,34,35). The Labute approximate surface area is 210 Å². The predicted molar refractivity (Wildman–Crippen MR) is 134 cm³/mol. The Morgan fingerprint density at radius 3 is 2.46 bits per heavy atom. The number of aromatic nitrogens is 1. The molecule has 4 rings (SSSR count). The SMILES string of the molecule is Cc1cc(N)c2cc(NC(=O)c3ccccc3COc3ccc(CNC(=O)C(F)(F)F)cc3)ccc2n1.